The summed E-state index contributed by atoms with van der Waals surface area (Å²) < 4.78 is 23.9. The number of esters is 1. The third-order valence-corrected chi connectivity index (χ3v) is 6.60. The molecule has 0 aliphatic heterocycles. The summed E-state index contributed by atoms with van der Waals surface area (Å²) in [6, 6.07) is 24.6. The lowest BCUT2D eigenvalue weighted by molar-refractivity contribution is 0.0501. The summed E-state index contributed by atoms with van der Waals surface area (Å²) in [6.45, 7) is 0.173. The number of para-hydroxylation sites is 2. The second kappa shape index (κ2) is 10.1. The zero-order valence-corrected chi connectivity index (χ0v) is 19.4. The number of fused-ring (bicyclic) bond motifs is 2. The molecule has 0 bridgehead atoms. The van der Waals surface area contributed by atoms with E-state index < -0.39 is 11.6 Å². The molecule has 0 aliphatic carbocycles. The number of thioether (sulfide) groups is 1. The van der Waals surface area contributed by atoms with Crippen molar-refractivity contribution >= 4 is 39.6 Å². The molecule has 0 fully saturated rings. The van der Waals surface area contributed by atoms with Gasteiger partial charge in [-0.25, -0.2) is 19.0 Å². The van der Waals surface area contributed by atoms with Crippen LogP contribution in [0.4, 0.5) is 4.39 Å². The minimum Gasteiger partial charge on any atom is -0.462 e. The standard InChI is InChI=1S/C28H20FNO4S/c29-20-12-10-18(11-13-20)24-17-26(21-7-2-3-8-23(21)30-24)35-15-5-14-33-27(31)22-16-19-6-1-4-9-25(19)34-28(22)32/h1-4,6-13,16-17H,5,14-15H2. The Bertz CT molecular complexity index is 1580. The number of aromatic nitrogens is 1. The highest BCUT2D eigenvalue weighted by Gasteiger charge is 2.15. The van der Waals surface area contributed by atoms with Gasteiger partial charge in [0, 0.05) is 27.0 Å². The van der Waals surface area contributed by atoms with Crippen molar-refractivity contribution < 1.29 is 18.3 Å². The first kappa shape index (κ1) is 22.8. The van der Waals surface area contributed by atoms with E-state index in [4.69, 9.17) is 14.1 Å². The first-order valence-corrected chi connectivity index (χ1v) is 12.1. The van der Waals surface area contributed by atoms with Crippen LogP contribution in [0.1, 0.15) is 16.8 Å². The molecular weight excluding hydrogens is 465 g/mol. The summed E-state index contributed by atoms with van der Waals surface area (Å²) >= 11 is 1.63. The number of hydrogen-bond acceptors (Lipinski definition) is 6. The van der Waals surface area contributed by atoms with Crippen LogP contribution in [0.25, 0.3) is 33.1 Å². The van der Waals surface area contributed by atoms with Gasteiger partial charge >= 0.3 is 11.6 Å². The molecule has 0 saturated carbocycles. The topological polar surface area (TPSA) is 69.4 Å². The molecule has 0 amide bonds. The van der Waals surface area contributed by atoms with Crippen molar-refractivity contribution in [3.05, 3.63) is 107 Å². The van der Waals surface area contributed by atoms with Crippen molar-refractivity contribution in [1.82, 2.24) is 4.98 Å². The highest BCUT2D eigenvalue weighted by atomic mass is 32.2. The fourth-order valence-electron chi connectivity index (χ4n) is 3.72. The molecule has 0 saturated heterocycles. The van der Waals surface area contributed by atoms with Gasteiger partial charge in [-0.15, -0.1) is 11.8 Å². The van der Waals surface area contributed by atoms with Crippen LogP contribution in [0.3, 0.4) is 0 Å². The summed E-state index contributed by atoms with van der Waals surface area (Å²) in [5, 5.41) is 1.69. The Kier molecular flexibility index (Phi) is 6.59. The quantitative estimate of drug-likeness (QED) is 0.114. The van der Waals surface area contributed by atoms with Crippen molar-refractivity contribution in [1.29, 1.82) is 0 Å². The maximum Gasteiger partial charge on any atom is 0.351 e. The number of carbonyl (C=O) groups excluding carboxylic acids is 1. The Morgan fingerprint density at radius 1 is 0.971 bits per heavy atom. The first-order chi connectivity index (χ1) is 17.1. The number of ether oxygens (including phenoxy) is 1. The van der Waals surface area contributed by atoms with Crippen LogP contribution in [0, 0.1) is 5.82 Å². The van der Waals surface area contributed by atoms with Gasteiger partial charge in [-0.2, -0.15) is 0 Å². The minimum absolute atomic E-state index is 0.111. The Balaban J connectivity index is 1.25. The van der Waals surface area contributed by atoms with Crippen molar-refractivity contribution in [2.24, 2.45) is 0 Å². The molecule has 5 nitrogen and oxygen atoms in total. The second-order valence-electron chi connectivity index (χ2n) is 7.85. The molecule has 2 aromatic heterocycles. The lowest BCUT2D eigenvalue weighted by Crippen LogP contribution is -2.17. The molecule has 7 heteroatoms. The highest BCUT2D eigenvalue weighted by molar-refractivity contribution is 7.99. The zero-order valence-electron chi connectivity index (χ0n) is 18.6. The number of hydrogen-bond donors (Lipinski definition) is 0. The van der Waals surface area contributed by atoms with E-state index in [1.807, 2.05) is 30.3 Å². The molecule has 5 rings (SSSR count). The molecule has 5 aromatic rings. The molecule has 3 aromatic carbocycles. The van der Waals surface area contributed by atoms with Crippen LogP contribution in [0.5, 0.6) is 0 Å². The molecule has 0 aliphatic rings. The number of pyridine rings is 1. The molecule has 0 spiro atoms. The predicted molar refractivity (Wildman–Crippen MR) is 135 cm³/mol. The van der Waals surface area contributed by atoms with E-state index in [1.165, 1.54) is 18.2 Å². The van der Waals surface area contributed by atoms with Gasteiger partial charge in [0.25, 0.3) is 0 Å². The van der Waals surface area contributed by atoms with Crippen molar-refractivity contribution in [3.8, 4) is 11.3 Å². The fraction of sp³-hybridized carbons (Fsp3) is 0.107. The highest BCUT2D eigenvalue weighted by Crippen LogP contribution is 2.32. The van der Waals surface area contributed by atoms with Gasteiger partial charge in [-0.3, -0.25) is 0 Å². The maximum atomic E-state index is 13.3. The molecule has 0 N–H and O–H groups in total. The third-order valence-electron chi connectivity index (χ3n) is 5.46. The molecule has 0 atom stereocenters. The molecule has 0 unspecified atom stereocenters. The lowest BCUT2D eigenvalue weighted by Gasteiger charge is -2.10. The summed E-state index contributed by atoms with van der Waals surface area (Å²) in [7, 11) is 0. The summed E-state index contributed by atoms with van der Waals surface area (Å²) in [4.78, 5) is 30.3. The van der Waals surface area contributed by atoms with Gasteiger partial charge in [-0.05, 0) is 55.0 Å². The van der Waals surface area contributed by atoms with Crippen LogP contribution in [-0.4, -0.2) is 23.3 Å². The molecule has 0 radical (unpaired) electrons. The predicted octanol–water partition coefficient (Wildman–Crippen LogP) is 6.49. The van der Waals surface area contributed by atoms with Gasteiger partial charge in [0.1, 0.15) is 17.0 Å². The molecule has 174 valence electrons. The minimum atomic E-state index is -0.709. The third kappa shape index (κ3) is 5.10. The number of carbonyl (C=O) groups is 1. The van der Waals surface area contributed by atoms with E-state index in [-0.39, 0.29) is 18.0 Å². The van der Waals surface area contributed by atoms with E-state index in [1.54, 1.807) is 48.2 Å². The van der Waals surface area contributed by atoms with Crippen LogP contribution in [0.15, 0.2) is 99.0 Å². The van der Waals surface area contributed by atoms with E-state index in [9.17, 15) is 14.0 Å². The maximum absolute atomic E-state index is 13.3. The normalized spacial score (nSPS) is 11.1. The van der Waals surface area contributed by atoms with Crippen LogP contribution in [-0.2, 0) is 4.74 Å². The smallest absolute Gasteiger partial charge is 0.351 e. The van der Waals surface area contributed by atoms with Crippen molar-refractivity contribution in [2.75, 3.05) is 12.4 Å². The average molecular weight is 486 g/mol. The number of rotatable bonds is 7. The Labute approximate surface area is 204 Å². The fourth-order valence-corrected chi connectivity index (χ4v) is 4.72. The average Bonchev–Trinajstić information content (AvgIpc) is 2.88. The van der Waals surface area contributed by atoms with Crippen molar-refractivity contribution in [3.63, 3.8) is 0 Å². The van der Waals surface area contributed by atoms with E-state index in [2.05, 4.69) is 0 Å². The SMILES string of the molecule is O=C(OCCCSc1cc(-c2ccc(F)cc2)nc2ccccc12)c1cc2ccccc2oc1=O. The Hall–Kier alpha value is -3.97. The molecule has 2 heterocycles. The van der Waals surface area contributed by atoms with E-state index in [0.717, 1.165) is 27.1 Å². The van der Waals surface area contributed by atoms with Crippen molar-refractivity contribution in [2.45, 2.75) is 11.3 Å². The van der Waals surface area contributed by atoms with Gasteiger partial charge in [0.15, 0.2) is 0 Å². The van der Waals surface area contributed by atoms with Gasteiger partial charge in [0.2, 0.25) is 0 Å². The second-order valence-corrected chi connectivity index (χ2v) is 8.99. The molecule has 35 heavy (non-hydrogen) atoms. The summed E-state index contributed by atoms with van der Waals surface area (Å²) in [5.74, 6) is -0.293. The van der Waals surface area contributed by atoms with Gasteiger partial charge < -0.3 is 9.15 Å². The van der Waals surface area contributed by atoms with Crippen LogP contribution in [0.2, 0.25) is 0 Å². The summed E-state index contributed by atoms with van der Waals surface area (Å²) in [5.41, 5.74) is 2.06. The zero-order chi connectivity index (χ0) is 24.2. The number of benzene rings is 3. The van der Waals surface area contributed by atoms with E-state index >= 15 is 0 Å². The van der Waals surface area contributed by atoms with E-state index in [0.29, 0.717) is 23.1 Å². The van der Waals surface area contributed by atoms with Crippen LogP contribution >= 0.6 is 11.8 Å². The molecular formula is C28H20FNO4S. The lowest BCUT2D eigenvalue weighted by atomic mass is 10.1. The number of nitrogens with zero attached hydrogens (tertiary/aromatic N) is 1. The Morgan fingerprint density at radius 2 is 1.74 bits per heavy atom. The first-order valence-electron chi connectivity index (χ1n) is 11.1. The Morgan fingerprint density at radius 3 is 2.60 bits per heavy atom. The number of halogens is 1. The van der Waals surface area contributed by atoms with Gasteiger partial charge in [0.05, 0.1) is 17.8 Å². The van der Waals surface area contributed by atoms with Crippen LogP contribution < -0.4 is 5.63 Å². The summed E-state index contributed by atoms with van der Waals surface area (Å²) in [6.07, 6.45) is 0.595. The largest absolute Gasteiger partial charge is 0.462 e. The monoisotopic (exact) mass is 485 g/mol. The van der Waals surface area contributed by atoms with Gasteiger partial charge in [-0.1, -0.05) is 36.4 Å².